The first-order valence-corrected chi connectivity index (χ1v) is 9.18. The Hall–Kier alpha value is -1.89. The van der Waals surface area contributed by atoms with Crippen molar-refractivity contribution in [1.29, 1.82) is 0 Å². The number of hydrogen-bond donors (Lipinski definition) is 1. The first-order valence-electron chi connectivity index (χ1n) is 9.18. The van der Waals surface area contributed by atoms with E-state index in [4.69, 9.17) is 9.63 Å². The zero-order chi connectivity index (χ0) is 17.8. The summed E-state index contributed by atoms with van der Waals surface area (Å²) in [6.07, 6.45) is 4.05. The number of piperidine rings is 2. The van der Waals surface area contributed by atoms with Crippen molar-refractivity contribution in [1.82, 2.24) is 15.0 Å². The molecule has 2 atom stereocenters. The van der Waals surface area contributed by atoms with Crippen molar-refractivity contribution in [2.45, 2.75) is 51.5 Å². The van der Waals surface area contributed by atoms with E-state index in [1.165, 1.54) is 0 Å². The lowest BCUT2D eigenvalue weighted by molar-refractivity contribution is -0.144. The van der Waals surface area contributed by atoms with Crippen LogP contribution in [-0.4, -0.2) is 64.2 Å². The lowest BCUT2D eigenvalue weighted by Crippen LogP contribution is -2.57. The molecule has 138 valence electrons. The molecule has 3 heterocycles. The Morgan fingerprint density at radius 2 is 2.24 bits per heavy atom. The molecule has 0 aliphatic carbocycles. The number of likely N-dealkylation sites (tertiary alicyclic amines) is 2. The van der Waals surface area contributed by atoms with Crippen molar-refractivity contribution in [2.75, 3.05) is 26.2 Å². The summed E-state index contributed by atoms with van der Waals surface area (Å²) >= 11 is 0. The van der Waals surface area contributed by atoms with Gasteiger partial charge in [0.15, 0.2) is 0 Å². The van der Waals surface area contributed by atoms with Gasteiger partial charge in [-0.05, 0) is 38.5 Å². The Bertz CT molecular complexity index is 615. The molecule has 7 nitrogen and oxygen atoms in total. The van der Waals surface area contributed by atoms with Crippen LogP contribution < -0.4 is 0 Å². The lowest BCUT2D eigenvalue weighted by Gasteiger charge is -2.47. The molecule has 2 saturated heterocycles. The van der Waals surface area contributed by atoms with Crippen LogP contribution in [0.5, 0.6) is 0 Å². The highest BCUT2D eigenvalue weighted by atomic mass is 16.5. The summed E-state index contributed by atoms with van der Waals surface area (Å²) < 4.78 is 5.15. The van der Waals surface area contributed by atoms with Crippen LogP contribution in [-0.2, 0) is 16.0 Å². The van der Waals surface area contributed by atoms with E-state index in [2.05, 4.69) is 5.16 Å². The van der Waals surface area contributed by atoms with Gasteiger partial charge in [-0.3, -0.25) is 9.59 Å². The number of hydrogen-bond acceptors (Lipinski definition) is 5. The number of rotatable bonds is 6. The minimum atomic E-state index is 0.0679. The van der Waals surface area contributed by atoms with E-state index in [1.54, 1.807) is 6.07 Å². The second kappa shape index (κ2) is 7.99. The molecule has 0 spiro atoms. The van der Waals surface area contributed by atoms with Gasteiger partial charge in [0, 0.05) is 44.8 Å². The molecule has 7 heteroatoms. The lowest BCUT2D eigenvalue weighted by atomic mass is 9.83. The topological polar surface area (TPSA) is 86.9 Å². The van der Waals surface area contributed by atoms with Crippen LogP contribution in [0.2, 0.25) is 0 Å². The van der Waals surface area contributed by atoms with Gasteiger partial charge >= 0.3 is 0 Å². The molecule has 0 saturated carbocycles. The zero-order valence-electron chi connectivity index (χ0n) is 14.8. The fourth-order valence-corrected chi connectivity index (χ4v) is 4.02. The molecule has 2 aliphatic heterocycles. The number of amides is 2. The van der Waals surface area contributed by atoms with E-state index in [9.17, 15) is 9.59 Å². The maximum Gasteiger partial charge on any atom is 0.230 e. The molecule has 2 aliphatic rings. The number of carbonyl (C=O) groups excluding carboxylic acids is 2. The maximum absolute atomic E-state index is 12.5. The van der Waals surface area contributed by atoms with Gasteiger partial charge in [-0.2, -0.15) is 0 Å². The molecule has 0 radical (unpaired) electrons. The Morgan fingerprint density at radius 3 is 2.96 bits per heavy atom. The summed E-state index contributed by atoms with van der Waals surface area (Å²) in [6, 6.07) is 2.03. The van der Waals surface area contributed by atoms with Crippen LogP contribution in [0.4, 0.5) is 0 Å². The van der Waals surface area contributed by atoms with Crippen LogP contribution in [0.25, 0.3) is 0 Å². The number of fused-ring (bicyclic) bond motifs is 1. The van der Waals surface area contributed by atoms with Gasteiger partial charge < -0.3 is 19.4 Å². The van der Waals surface area contributed by atoms with Gasteiger partial charge in [-0.25, -0.2) is 0 Å². The fourth-order valence-electron chi connectivity index (χ4n) is 4.02. The minimum absolute atomic E-state index is 0.0679. The summed E-state index contributed by atoms with van der Waals surface area (Å²) in [5.74, 6) is 1.24. The molecule has 2 fully saturated rings. The number of aliphatic hydroxyl groups is 1. The molecular weight excluding hydrogens is 322 g/mol. The first kappa shape index (κ1) is 17.9. The zero-order valence-corrected chi connectivity index (χ0v) is 14.8. The van der Waals surface area contributed by atoms with Crippen LogP contribution in [0.1, 0.15) is 43.6 Å². The number of unbranched alkanes of at least 4 members (excludes halogenated alkanes) is 1. The highest BCUT2D eigenvalue weighted by Gasteiger charge is 2.40. The van der Waals surface area contributed by atoms with E-state index >= 15 is 0 Å². The van der Waals surface area contributed by atoms with Crippen LogP contribution in [0, 0.1) is 12.8 Å². The number of carbonyl (C=O) groups is 2. The number of aryl methyl sites for hydroxylation is 1. The Kier molecular flexibility index (Phi) is 5.73. The molecule has 1 aromatic heterocycles. The Balaban J connectivity index is 1.57. The average molecular weight is 349 g/mol. The molecule has 1 aromatic rings. The summed E-state index contributed by atoms with van der Waals surface area (Å²) in [6.45, 7) is 4.11. The quantitative estimate of drug-likeness (QED) is 0.778. The number of nitrogens with zero attached hydrogens (tertiary/aromatic N) is 3. The van der Waals surface area contributed by atoms with E-state index in [-0.39, 0.29) is 30.9 Å². The van der Waals surface area contributed by atoms with Gasteiger partial charge in [0.25, 0.3) is 0 Å². The van der Waals surface area contributed by atoms with Crippen molar-refractivity contribution in [2.24, 2.45) is 5.92 Å². The van der Waals surface area contributed by atoms with Gasteiger partial charge in [-0.1, -0.05) is 5.16 Å². The second-order valence-corrected chi connectivity index (χ2v) is 7.12. The Labute approximate surface area is 147 Å². The number of aliphatic hydroxyl groups excluding tert-OH is 1. The SMILES string of the molecule is Cc1cc(CC(=O)N2CC[C@@H]3[C@@H](CCC(=O)N3CCCCO)C2)on1. The molecule has 1 N–H and O–H groups in total. The van der Waals surface area contributed by atoms with Gasteiger partial charge in [0.05, 0.1) is 12.1 Å². The summed E-state index contributed by atoms with van der Waals surface area (Å²) in [4.78, 5) is 28.7. The minimum Gasteiger partial charge on any atom is -0.396 e. The van der Waals surface area contributed by atoms with Crippen molar-refractivity contribution in [3.05, 3.63) is 17.5 Å². The summed E-state index contributed by atoms with van der Waals surface area (Å²) in [7, 11) is 0. The normalized spacial score (nSPS) is 23.7. The predicted octanol–water partition coefficient (Wildman–Crippen LogP) is 1.14. The number of aromatic nitrogens is 1. The van der Waals surface area contributed by atoms with Gasteiger partial charge in [0.2, 0.25) is 11.8 Å². The summed E-state index contributed by atoms with van der Waals surface area (Å²) in [5.41, 5.74) is 0.783. The molecule has 0 unspecified atom stereocenters. The van der Waals surface area contributed by atoms with E-state index in [1.807, 2.05) is 16.7 Å². The fraction of sp³-hybridized carbons (Fsp3) is 0.722. The van der Waals surface area contributed by atoms with E-state index in [0.717, 1.165) is 31.4 Å². The molecule has 25 heavy (non-hydrogen) atoms. The van der Waals surface area contributed by atoms with Crippen molar-refractivity contribution < 1.29 is 19.2 Å². The first-order chi connectivity index (χ1) is 12.1. The predicted molar refractivity (Wildman–Crippen MR) is 90.7 cm³/mol. The van der Waals surface area contributed by atoms with Crippen LogP contribution >= 0.6 is 0 Å². The second-order valence-electron chi connectivity index (χ2n) is 7.12. The van der Waals surface area contributed by atoms with Crippen LogP contribution in [0.15, 0.2) is 10.6 Å². The van der Waals surface area contributed by atoms with E-state index in [0.29, 0.717) is 37.7 Å². The van der Waals surface area contributed by atoms with Crippen molar-refractivity contribution >= 4 is 11.8 Å². The van der Waals surface area contributed by atoms with Crippen molar-refractivity contribution in [3.8, 4) is 0 Å². The van der Waals surface area contributed by atoms with Crippen molar-refractivity contribution in [3.63, 3.8) is 0 Å². The summed E-state index contributed by atoms with van der Waals surface area (Å²) in [5, 5.41) is 12.8. The van der Waals surface area contributed by atoms with Crippen LogP contribution in [0.3, 0.4) is 0 Å². The largest absolute Gasteiger partial charge is 0.396 e. The van der Waals surface area contributed by atoms with Gasteiger partial charge in [0.1, 0.15) is 5.76 Å². The average Bonchev–Trinajstić information content (AvgIpc) is 3.01. The molecule has 0 aromatic carbocycles. The van der Waals surface area contributed by atoms with Gasteiger partial charge in [-0.15, -0.1) is 0 Å². The standard InChI is InChI=1S/C18H27N3O4/c1-13-10-15(25-19-13)11-18(24)20-8-6-16-14(12-20)4-5-17(23)21(16)7-2-3-9-22/h10,14,16,22H,2-9,11-12H2,1H3/t14-,16+/m0/s1. The molecule has 2 amide bonds. The monoisotopic (exact) mass is 349 g/mol. The molecule has 0 bridgehead atoms. The third kappa shape index (κ3) is 4.21. The highest BCUT2D eigenvalue weighted by Crippen LogP contribution is 2.31. The molecular formula is C18H27N3O4. The Morgan fingerprint density at radius 1 is 1.40 bits per heavy atom. The highest BCUT2D eigenvalue weighted by molar-refractivity contribution is 5.79. The van der Waals surface area contributed by atoms with E-state index < -0.39 is 0 Å². The maximum atomic E-state index is 12.5. The third-order valence-electron chi connectivity index (χ3n) is 5.31. The molecule has 3 rings (SSSR count). The third-order valence-corrected chi connectivity index (χ3v) is 5.31. The smallest absolute Gasteiger partial charge is 0.230 e.